The fraction of sp³-hybridized carbons (Fsp3) is 0.350. The van der Waals surface area contributed by atoms with E-state index in [4.69, 9.17) is 4.74 Å². The van der Waals surface area contributed by atoms with Crippen LogP contribution >= 0.6 is 0 Å². The Hall–Kier alpha value is -2.49. The van der Waals surface area contributed by atoms with Gasteiger partial charge < -0.3 is 15.4 Å². The molecule has 2 amide bonds. The summed E-state index contributed by atoms with van der Waals surface area (Å²) in [5.41, 5.74) is 4.49. The Morgan fingerprint density at radius 3 is 2.29 bits per heavy atom. The van der Waals surface area contributed by atoms with E-state index in [0.29, 0.717) is 13.2 Å². The van der Waals surface area contributed by atoms with Gasteiger partial charge in [0, 0.05) is 6.54 Å². The monoisotopic (exact) mass is 326 g/mol. The van der Waals surface area contributed by atoms with Crippen LogP contribution in [0, 0.1) is 20.8 Å². The number of para-hydroxylation sites is 1. The first-order chi connectivity index (χ1) is 11.5. The highest BCUT2D eigenvalue weighted by Crippen LogP contribution is 2.22. The van der Waals surface area contributed by atoms with Crippen LogP contribution in [-0.2, 0) is 6.54 Å². The molecule has 2 aromatic rings. The van der Waals surface area contributed by atoms with Gasteiger partial charge >= 0.3 is 6.03 Å². The first-order valence-corrected chi connectivity index (χ1v) is 8.24. The van der Waals surface area contributed by atoms with Crippen molar-refractivity contribution in [3.05, 3.63) is 64.7 Å². The van der Waals surface area contributed by atoms with Gasteiger partial charge in [-0.15, -0.1) is 0 Å². The summed E-state index contributed by atoms with van der Waals surface area (Å²) >= 11 is 0. The average molecular weight is 326 g/mol. The summed E-state index contributed by atoms with van der Waals surface area (Å²) in [6, 6.07) is 13.9. The summed E-state index contributed by atoms with van der Waals surface area (Å²) in [7, 11) is 0. The zero-order chi connectivity index (χ0) is 17.5. The van der Waals surface area contributed by atoms with Crippen LogP contribution in [0.1, 0.15) is 29.2 Å². The molecule has 0 radical (unpaired) electrons. The minimum absolute atomic E-state index is 0.0815. The van der Waals surface area contributed by atoms with Crippen molar-refractivity contribution in [2.75, 3.05) is 6.61 Å². The lowest BCUT2D eigenvalue weighted by Crippen LogP contribution is -2.43. The lowest BCUT2D eigenvalue weighted by Gasteiger charge is -2.18. The van der Waals surface area contributed by atoms with E-state index in [2.05, 4.69) is 10.6 Å². The van der Waals surface area contributed by atoms with Crippen LogP contribution in [0.2, 0.25) is 0 Å². The molecule has 1 unspecified atom stereocenters. The van der Waals surface area contributed by atoms with Crippen molar-refractivity contribution in [1.82, 2.24) is 10.6 Å². The maximum atomic E-state index is 12.0. The van der Waals surface area contributed by atoms with Gasteiger partial charge in [0.2, 0.25) is 0 Å². The van der Waals surface area contributed by atoms with Crippen molar-refractivity contribution in [2.24, 2.45) is 0 Å². The molecular weight excluding hydrogens is 300 g/mol. The van der Waals surface area contributed by atoms with Gasteiger partial charge in [0.15, 0.2) is 0 Å². The number of aryl methyl sites for hydroxylation is 3. The molecule has 0 aromatic heterocycles. The van der Waals surface area contributed by atoms with E-state index in [9.17, 15) is 4.79 Å². The molecule has 0 saturated carbocycles. The Kier molecular flexibility index (Phi) is 6.24. The summed E-state index contributed by atoms with van der Waals surface area (Å²) in [5, 5.41) is 5.76. The van der Waals surface area contributed by atoms with Gasteiger partial charge in [0.05, 0.1) is 6.04 Å². The zero-order valence-corrected chi connectivity index (χ0v) is 14.8. The third-order valence-electron chi connectivity index (χ3n) is 3.84. The highest BCUT2D eigenvalue weighted by molar-refractivity contribution is 5.74. The predicted octanol–water partition coefficient (Wildman–Crippen LogP) is 3.88. The number of carbonyl (C=O) groups excluding carboxylic acids is 1. The number of rotatable bonds is 6. The number of hydrogen-bond acceptors (Lipinski definition) is 2. The highest BCUT2D eigenvalue weighted by Gasteiger charge is 2.10. The summed E-state index contributed by atoms with van der Waals surface area (Å²) in [6.45, 7) is 8.96. The zero-order valence-electron chi connectivity index (χ0n) is 14.8. The molecule has 128 valence electrons. The Bertz CT molecular complexity index is 660. The van der Waals surface area contributed by atoms with E-state index in [-0.39, 0.29) is 12.1 Å². The second-order valence-corrected chi connectivity index (χ2v) is 6.25. The summed E-state index contributed by atoms with van der Waals surface area (Å²) in [6.07, 6.45) is 0. The van der Waals surface area contributed by atoms with Crippen LogP contribution < -0.4 is 15.4 Å². The number of amides is 2. The number of hydrogen-bond donors (Lipinski definition) is 2. The molecule has 2 rings (SSSR count). The van der Waals surface area contributed by atoms with Gasteiger partial charge in [-0.05, 0) is 44.4 Å². The predicted molar refractivity (Wildman–Crippen MR) is 97.4 cm³/mol. The minimum Gasteiger partial charge on any atom is -0.491 e. The maximum Gasteiger partial charge on any atom is 0.315 e. The molecule has 0 fully saturated rings. The molecule has 0 bridgehead atoms. The van der Waals surface area contributed by atoms with Crippen molar-refractivity contribution in [3.63, 3.8) is 0 Å². The van der Waals surface area contributed by atoms with Crippen LogP contribution in [0.15, 0.2) is 42.5 Å². The van der Waals surface area contributed by atoms with Gasteiger partial charge in [-0.1, -0.05) is 48.0 Å². The second kappa shape index (κ2) is 8.39. The van der Waals surface area contributed by atoms with Gasteiger partial charge in [-0.3, -0.25) is 0 Å². The van der Waals surface area contributed by atoms with Crippen molar-refractivity contribution in [1.29, 1.82) is 0 Å². The molecule has 0 saturated heterocycles. The topological polar surface area (TPSA) is 50.4 Å². The Morgan fingerprint density at radius 1 is 1.04 bits per heavy atom. The number of ether oxygens (including phenoxy) is 1. The molecule has 2 N–H and O–H groups in total. The van der Waals surface area contributed by atoms with Gasteiger partial charge in [-0.25, -0.2) is 4.79 Å². The number of nitrogens with one attached hydrogen (secondary N) is 2. The van der Waals surface area contributed by atoms with Crippen LogP contribution in [-0.4, -0.2) is 18.7 Å². The Balaban J connectivity index is 1.76. The second-order valence-electron chi connectivity index (χ2n) is 6.25. The van der Waals surface area contributed by atoms with Crippen LogP contribution in [0.3, 0.4) is 0 Å². The van der Waals surface area contributed by atoms with E-state index in [1.165, 1.54) is 5.56 Å². The van der Waals surface area contributed by atoms with Gasteiger partial charge in [-0.2, -0.15) is 0 Å². The van der Waals surface area contributed by atoms with E-state index in [1.54, 1.807) is 0 Å². The standard InChI is InChI=1S/C20H26N2O2/c1-14-8-10-18(11-9-14)12-21-20(23)22-17(4)13-24-19-15(2)6-5-7-16(19)3/h5-11,17H,12-13H2,1-4H3,(H2,21,22,23). The average Bonchev–Trinajstić information content (AvgIpc) is 2.54. The summed E-state index contributed by atoms with van der Waals surface area (Å²) in [4.78, 5) is 12.0. The molecule has 0 aliphatic heterocycles. The van der Waals surface area contributed by atoms with E-state index in [1.807, 2.05) is 70.2 Å². The highest BCUT2D eigenvalue weighted by atomic mass is 16.5. The Morgan fingerprint density at radius 2 is 1.67 bits per heavy atom. The fourth-order valence-electron chi connectivity index (χ4n) is 2.44. The van der Waals surface area contributed by atoms with E-state index >= 15 is 0 Å². The third-order valence-corrected chi connectivity index (χ3v) is 3.84. The van der Waals surface area contributed by atoms with Gasteiger partial charge in [0.25, 0.3) is 0 Å². The van der Waals surface area contributed by atoms with Crippen molar-refractivity contribution in [2.45, 2.75) is 40.3 Å². The Labute approximate surface area is 144 Å². The van der Waals surface area contributed by atoms with Crippen molar-refractivity contribution in [3.8, 4) is 5.75 Å². The fourth-order valence-corrected chi connectivity index (χ4v) is 2.44. The molecule has 4 nitrogen and oxygen atoms in total. The van der Waals surface area contributed by atoms with Crippen molar-refractivity contribution < 1.29 is 9.53 Å². The molecule has 0 heterocycles. The molecule has 0 spiro atoms. The number of urea groups is 1. The minimum atomic E-state index is -0.187. The number of carbonyl (C=O) groups is 1. The quantitative estimate of drug-likeness (QED) is 0.846. The van der Waals surface area contributed by atoms with Crippen LogP contribution in [0.5, 0.6) is 5.75 Å². The van der Waals surface area contributed by atoms with Gasteiger partial charge in [0.1, 0.15) is 12.4 Å². The normalized spacial score (nSPS) is 11.7. The molecular formula is C20H26N2O2. The molecule has 0 aliphatic carbocycles. The van der Waals surface area contributed by atoms with Crippen LogP contribution in [0.25, 0.3) is 0 Å². The number of benzene rings is 2. The first kappa shape index (κ1) is 17.9. The van der Waals surface area contributed by atoms with E-state index in [0.717, 1.165) is 22.4 Å². The molecule has 1 atom stereocenters. The molecule has 2 aromatic carbocycles. The lowest BCUT2D eigenvalue weighted by atomic mass is 10.1. The van der Waals surface area contributed by atoms with Crippen molar-refractivity contribution >= 4 is 6.03 Å². The summed E-state index contributed by atoms with van der Waals surface area (Å²) < 4.78 is 5.86. The lowest BCUT2D eigenvalue weighted by molar-refractivity contribution is 0.225. The van der Waals surface area contributed by atoms with Crippen LogP contribution in [0.4, 0.5) is 4.79 Å². The van der Waals surface area contributed by atoms with E-state index < -0.39 is 0 Å². The molecule has 4 heteroatoms. The molecule has 0 aliphatic rings. The largest absolute Gasteiger partial charge is 0.491 e. The SMILES string of the molecule is Cc1ccc(CNC(=O)NC(C)COc2c(C)cccc2C)cc1. The maximum absolute atomic E-state index is 12.0. The molecule has 24 heavy (non-hydrogen) atoms. The first-order valence-electron chi connectivity index (χ1n) is 8.24. The third kappa shape index (κ3) is 5.30. The smallest absolute Gasteiger partial charge is 0.315 e. The summed E-state index contributed by atoms with van der Waals surface area (Å²) in [5.74, 6) is 0.895.